The summed E-state index contributed by atoms with van der Waals surface area (Å²) in [6, 6.07) is 10.6. The maximum absolute atomic E-state index is 5.67. The van der Waals surface area contributed by atoms with Gasteiger partial charge in [-0.05, 0) is 12.1 Å². The molecule has 3 nitrogen and oxygen atoms in total. The van der Waals surface area contributed by atoms with Crippen molar-refractivity contribution in [3.8, 4) is 0 Å². The second-order valence-electron chi connectivity index (χ2n) is 4.12. The quantitative estimate of drug-likeness (QED) is 0.610. The average molecular weight is 191 g/mol. The molecule has 0 amide bonds. The van der Waals surface area contributed by atoms with Crippen LogP contribution in [0.1, 0.15) is 0 Å². The maximum atomic E-state index is 5.67. The van der Waals surface area contributed by atoms with Gasteiger partial charge < -0.3 is 13.7 Å². The monoisotopic (exact) mass is 191 g/mol. The number of hydrogen-bond acceptors (Lipinski definition) is 2. The molecule has 2 aliphatic heterocycles. The van der Waals surface area contributed by atoms with Crippen LogP contribution in [0.15, 0.2) is 30.3 Å². The van der Waals surface area contributed by atoms with Gasteiger partial charge in [-0.2, -0.15) is 0 Å². The lowest BCUT2D eigenvalue weighted by Gasteiger charge is -2.38. The summed E-state index contributed by atoms with van der Waals surface area (Å²) in [7, 11) is -0.904. The summed E-state index contributed by atoms with van der Waals surface area (Å²) in [4.78, 5) is 0. The van der Waals surface area contributed by atoms with Crippen molar-refractivity contribution in [1.29, 1.82) is 0 Å². The molecule has 4 heteroatoms. The Labute approximate surface area is 84.0 Å². The third kappa shape index (κ3) is 1.05. The van der Waals surface area contributed by atoms with Gasteiger partial charge in [-0.3, -0.25) is 0 Å². The molecule has 3 rings (SSSR count). The van der Waals surface area contributed by atoms with E-state index in [1.807, 2.05) is 0 Å². The maximum Gasteiger partial charge on any atom is 0.465 e. The van der Waals surface area contributed by atoms with Gasteiger partial charge in [-0.25, -0.2) is 0 Å². The number of nitrogens with zero attached hydrogens (tertiary/aromatic N) is 1. The Morgan fingerprint density at radius 2 is 1.64 bits per heavy atom. The highest BCUT2D eigenvalue weighted by atomic mass is 16.6. The second kappa shape index (κ2) is 3.09. The minimum atomic E-state index is -0.904. The second-order valence-corrected chi connectivity index (χ2v) is 4.12. The Hall–Kier alpha value is -0.835. The van der Waals surface area contributed by atoms with Crippen LogP contribution >= 0.6 is 0 Å². The molecule has 2 saturated heterocycles. The van der Waals surface area contributed by atoms with E-state index in [0.29, 0.717) is 0 Å². The normalized spacial score (nSPS) is 35.9. The molecule has 0 N–H and O–H groups in total. The Morgan fingerprint density at radius 3 is 2.29 bits per heavy atom. The molecular formula is C10H14BNO2. The van der Waals surface area contributed by atoms with Gasteiger partial charge in [0, 0.05) is 0 Å². The molecule has 2 fully saturated rings. The van der Waals surface area contributed by atoms with Crippen molar-refractivity contribution < 1.29 is 9.31 Å². The first-order valence-electron chi connectivity index (χ1n) is 5.24. The van der Waals surface area contributed by atoms with Gasteiger partial charge in [0.25, 0.3) is 0 Å². The van der Waals surface area contributed by atoms with Crippen LogP contribution in [0.3, 0.4) is 0 Å². The van der Waals surface area contributed by atoms with E-state index in [1.54, 1.807) is 0 Å². The van der Waals surface area contributed by atoms with Crippen LogP contribution in [0.25, 0.3) is 0 Å². The molecule has 2 heterocycles. The minimum Gasteiger partial charge on any atom is -0.512 e. The number of benzene rings is 1. The molecule has 0 aromatic heterocycles. The van der Waals surface area contributed by atoms with Gasteiger partial charge in [0.2, 0.25) is 0 Å². The molecule has 0 spiro atoms. The Morgan fingerprint density at radius 1 is 1.00 bits per heavy atom. The van der Waals surface area contributed by atoms with Crippen molar-refractivity contribution in [1.82, 2.24) is 4.39 Å². The predicted octanol–water partition coefficient (Wildman–Crippen LogP) is 0.771. The molecule has 2 aliphatic rings. The first-order chi connectivity index (χ1) is 6.92. The standard InChI is InChI=1S/C10H14BNO2/c1-2-4-10(5-3-1)12-6-8-13-11(12)14-9-7-12/h1-5,11H,6-9H2. The molecule has 0 bridgehead atoms. The lowest BCUT2D eigenvalue weighted by Crippen LogP contribution is -2.53. The summed E-state index contributed by atoms with van der Waals surface area (Å²) in [6.45, 7) is 3.83. The van der Waals surface area contributed by atoms with Crippen LogP contribution < -0.4 is 4.39 Å². The molecule has 0 atom stereocenters. The summed E-state index contributed by atoms with van der Waals surface area (Å²) in [5.41, 5.74) is 1.35. The van der Waals surface area contributed by atoms with Gasteiger partial charge in [-0.15, -0.1) is 0 Å². The van der Waals surface area contributed by atoms with Crippen molar-refractivity contribution in [2.24, 2.45) is 0 Å². The highest BCUT2D eigenvalue weighted by molar-refractivity contribution is 6.48. The highest BCUT2D eigenvalue weighted by Gasteiger charge is 2.44. The Kier molecular flexibility index (Phi) is 1.87. The van der Waals surface area contributed by atoms with E-state index in [2.05, 4.69) is 30.3 Å². The third-order valence-electron chi connectivity index (χ3n) is 3.47. The molecule has 1 aromatic rings. The number of quaternary nitrogens is 1. The first-order valence-corrected chi connectivity index (χ1v) is 5.24. The molecule has 0 saturated carbocycles. The Balaban J connectivity index is 2.03. The van der Waals surface area contributed by atoms with E-state index in [4.69, 9.17) is 9.31 Å². The van der Waals surface area contributed by atoms with Crippen LogP contribution in [0, 0.1) is 0 Å². The summed E-state index contributed by atoms with van der Waals surface area (Å²) in [6.07, 6.45) is 0. The number of para-hydroxylation sites is 1. The van der Waals surface area contributed by atoms with E-state index in [9.17, 15) is 0 Å². The lowest BCUT2D eigenvalue weighted by atomic mass is 10.0. The molecule has 74 valence electrons. The average Bonchev–Trinajstić information content (AvgIpc) is 2.77. The summed E-state index contributed by atoms with van der Waals surface area (Å²) in [5, 5.41) is 0. The zero-order chi connectivity index (χ0) is 9.43. The van der Waals surface area contributed by atoms with Gasteiger partial charge >= 0.3 is 7.25 Å². The number of hydrogen-bond donors (Lipinski definition) is 0. The summed E-state index contributed by atoms with van der Waals surface area (Å²) in [5.74, 6) is 0. The van der Waals surface area contributed by atoms with Crippen LogP contribution in [0.5, 0.6) is 0 Å². The van der Waals surface area contributed by atoms with Crippen molar-refractivity contribution in [3.05, 3.63) is 30.3 Å². The molecule has 1 aromatic carbocycles. The van der Waals surface area contributed by atoms with Crippen LogP contribution in [0.4, 0.5) is 5.69 Å². The summed E-state index contributed by atoms with van der Waals surface area (Å²) >= 11 is 0. The zero-order valence-electron chi connectivity index (χ0n) is 8.19. The van der Waals surface area contributed by atoms with Gasteiger partial charge in [0.15, 0.2) is 0 Å². The van der Waals surface area contributed by atoms with E-state index < -0.39 is 7.25 Å². The van der Waals surface area contributed by atoms with Crippen LogP contribution in [0.2, 0.25) is 0 Å². The fraction of sp³-hybridized carbons (Fsp3) is 0.400. The van der Waals surface area contributed by atoms with Gasteiger partial charge in [-0.1, -0.05) is 18.2 Å². The fourth-order valence-electron chi connectivity index (χ4n) is 2.66. The van der Waals surface area contributed by atoms with Gasteiger partial charge in [0.1, 0.15) is 0 Å². The molecule has 0 radical (unpaired) electrons. The fourth-order valence-corrected chi connectivity index (χ4v) is 2.66. The summed E-state index contributed by atoms with van der Waals surface area (Å²) < 4.78 is 12.3. The minimum absolute atomic E-state index is 0.842. The lowest BCUT2D eigenvalue weighted by molar-refractivity contribution is 0.248. The highest BCUT2D eigenvalue weighted by Crippen LogP contribution is 2.32. The van der Waals surface area contributed by atoms with Crippen molar-refractivity contribution in [2.75, 3.05) is 26.3 Å². The number of fused-ring (bicyclic) bond motifs is 1. The largest absolute Gasteiger partial charge is 0.512 e. The van der Waals surface area contributed by atoms with Gasteiger partial charge in [0.05, 0.1) is 32.0 Å². The third-order valence-corrected chi connectivity index (χ3v) is 3.47. The molecular weight excluding hydrogens is 177 g/mol. The molecule has 14 heavy (non-hydrogen) atoms. The van der Waals surface area contributed by atoms with E-state index in [1.165, 1.54) is 5.69 Å². The number of rotatable bonds is 1. The van der Waals surface area contributed by atoms with Crippen molar-refractivity contribution >= 4 is 12.9 Å². The van der Waals surface area contributed by atoms with Crippen LogP contribution in [-0.4, -0.2) is 33.6 Å². The van der Waals surface area contributed by atoms with Crippen molar-refractivity contribution in [2.45, 2.75) is 0 Å². The van der Waals surface area contributed by atoms with E-state index in [-0.39, 0.29) is 0 Å². The van der Waals surface area contributed by atoms with E-state index >= 15 is 0 Å². The Bertz CT molecular complexity index is 320. The zero-order valence-corrected chi connectivity index (χ0v) is 8.19. The van der Waals surface area contributed by atoms with Crippen LogP contribution in [-0.2, 0) is 9.31 Å². The van der Waals surface area contributed by atoms with E-state index in [0.717, 1.165) is 30.7 Å². The SMILES string of the molecule is c1ccc([N+]23CCO[BH-]2OCC3)cc1. The topological polar surface area (TPSA) is 18.5 Å². The molecule has 0 unspecified atom stereocenters. The first kappa shape index (κ1) is 8.47. The molecule has 0 aliphatic carbocycles. The van der Waals surface area contributed by atoms with Crippen molar-refractivity contribution in [3.63, 3.8) is 0 Å². The smallest absolute Gasteiger partial charge is 0.465 e. The predicted molar refractivity (Wildman–Crippen MR) is 57.0 cm³/mol.